The van der Waals surface area contributed by atoms with E-state index >= 15 is 0 Å². The molecular weight excluding hydrogens is 524 g/mol. The molecular formula is C23H19Cl3FN3O3S. The molecule has 0 fully saturated rings. The third-order valence-corrected chi connectivity index (χ3v) is 7.68. The molecule has 0 amide bonds. The van der Waals surface area contributed by atoms with E-state index in [0.29, 0.717) is 28.5 Å². The molecule has 0 saturated carbocycles. The summed E-state index contributed by atoms with van der Waals surface area (Å²) in [5.41, 5.74) is 4.86. The fraction of sp³-hybridized carbons (Fsp3) is 0.174. The monoisotopic (exact) mass is 541 g/mol. The number of halogens is 4. The topological polar surface area (TPSA) is 79.8 Å². The van der Waals surface area contributed by atoms with Crippen LogP contribution in [0.4, 0.5) is 4.39 Å². The molecule has 6 nitrogen and oxygen atoms in total. The summed E-state index contributed by atoms with van der Waals surface area (Å²) in [6, 6.07) is 14.7. The number of nitrogens with zero attached hydrogens (tertiary/aromatic N) is 1. The van der Waals surface area contributed by atoms with Gasteiger partial charge in [-0.3, -0.25) is 0 Å². The van der Waals surface area contributed by atoms with Crippen molar-refractivity contribution in [3.63, 3.8) is 0 Å². The Hall–Kier alpha value is -2.36. The standard InChI is InChI=1S/C23H19Cl3FN3O3S/c1-33-15-8-5-13(6-9-15)19-12-20(29-28-19)23(16-10-7-14(24)11-18(16)26)30-34(31,32)21-4-2-3-17(25)22(21)27/h2-11,19,23,28,30H,12H2,1H3. The minimum atomic E-state index is -4.34. The van der Waals surface area contributed by atoms with Crippen molar-refractivity contribution in [2.24, 2.45) is 5.10 Å². The van der Waals surface area contributed by atoms with Crippen molar-refractivity contribution < 1.29 is 17.5 Å². The first-order valence-electron chi connectivity index (χ1n) is 10.1. The molecule has 0 aliphatic carbocycles. The molecule has 3 aromatic rings. The zero-order valence-corrected chi connectivity index (χ0v) is 20.8. The van der Waals surface area contributed by atoms with E-state index in [1.54, 1.807) is 19.2 Å². The summed E-state index contributed by atoms with van der Waals surface area (Å²) >= 11 is 18.3. The number of nitrogens with one attached hydrogen (secondary N) is 2. The van der Waals surface area contributed by atoms with E-state index < -0.39 is 26.8 Å². The van der Waals surface area contributed by atoms with Crippen LogP contribution < -0.4 is 14.9 Å². The van der Waals surface area contributed by atoms with E-state index in [1.807, 2.05) is 24.3 Å². The van der Waals surface area contributed by atoms with Gasteiger partial charge >= 0.3 is 0 Å². The highest BCUT2D eigenvalue weighted by molar-refractivity contribution is 7.89. The molecule has 1 aliphatic heterocycles. The summed E-state index contributed by atoms with van der Waals surface area (Å²) in [5, 5.41) is 4.71. The number of sulfonamides is 1. The van der Waals surface area contributed by atoms with Gasteiger partial charge in [0.25, 0.3) is 0 Å². The SMILES string of the molecule is COc1ccc(C2CC(C(NS(=O)(=O)c3cccc(Cl)c3F)c3ccc(Cl)cc3Cl)=NN2)cc1. The average molecular weight is 543 g/mol. The maximum atomic E-state index is 14.6. The molecule has 3 aromatic carbocycles. The number of benzene rings is 3. The van der Waals surface area contributed by atoms with Gasteiger partial charge in [0.2, 0.25) is 10.0 Å². The van der Waals surface area contributed by atoms with E-state index in [0.717, 1.165) is 11.6 Å². The summed E-state index contributed by atoms with van der Waals surface area (Å²) in [6.07, 6.45) is 0.372. The van der Waals surface area contributed by atoms with E-state index in [4.69, 9.17) is 39.5 Å². The van der Waals surface area contributed by atoms with Crippen LogP contribution in [0.1, 0.15) is 29.6 Å². The van der Waals surface area contributed by atoms with Crippen molar-refractivity contribution in [3.05, 3.63) is 92.7 Å². The van der Waals surface area contributed by atoms with Crippen LogP contribution in [-0.4, -0.2) is 21.2 Å². The molecule has 0 radical (unpaired) electrons. The Morgan fingerprint density at radius 2 is 1.82 bits per heavy atom. The van der Waals surface area contributed by atoms with E-state index in [1.165, 1.54) is 18.2 Å². The smallest absolute Gasteiger partial charge is 0.244 e. The first-order chi connectivity index (χ1) is 16.2. The highest BCUT2D eigenvalue weighted by Gasteiger charge is 2.33. The zero-order valence-electron chi connectivity index (χ0n) is 17.7. The van der Waals surface area contributed by atoms with Crippen LogP contribution in [-0.2, 0) is 10.0 Å². The second kappa shape index (κ2) is 10.1. The van der Waals surface area contributed by atoms with Crippen molar-refractivity contribution in [1.29, 1.82) is 0 Å². The van der Waals surface area contributed by atoms with Gasteiger partial charge in [-0.2, -0.15) is 9.82 Å². The molecule has 0 bridgehead atoms. The lowest BCUT2D eigenvalue weighted by atomic mass is 9.96. The van der Waals surface area contributed by atoms with Gasteiger partial charge in [-0.05, 0) is 47.5 Å². The first kappa shape index (κ1) is 24.8. The minimum absolute atomic E-state index is 0.207. The molecule has 2 unspecified atom stereocenters. The number of hydrogen-bond donors (Lipinski definition) is 2. The molecule has 2 N–H and O–H groups in total. The molecule has 0 aromatic heterocycles. The van der Waals surface area contributed by atoms with Crippen LogP contribution >= 0.6 is 34.8 Å². The minimum Gasteiger partial charge on any atom is -0.497 e. The Kier molecular flexibility index (Phi) is 7.35. The fourth-order valence-corrected chi connectivity index (χ4v) is 5.68. The van der Waals surface area contributed by atoms with E-state index in [-0.39, 0.29) is 16.1 Å². The first-order valence-corrected chi connectivity index (χ1v) is 12.7. The predicted molar refractivity (Wildman–Crippen MR) is 132 cm³/mol. The molecule has 178 valence electrons. The Labute approximate surface area is 211 Å². The van der Waals surface area contributed by atoms with Gasteiger partial charge in [0.05, 0.1) is 29.9 Å². The molecule has 34 heavy (non-hydrogen) atoms. The van der Waals surface area contributed by atoms with Gasteiger partial charge in [-0.25, -0.2) is 12.8 Å². The van der Waals surface area contributed by atoms with Gasteiger partial charge in [0.1, 0.15) is 10.6 Å². The second-order valence-corrected chi connectivity index (χ2v) is 10.5. The lowest BCUT2D eigenvalue weighted by Crippen LogP contribution is -2.34. The summed E-state index contributed by atoms with van der Waals surface area (Å²) in [7, 11) is -2.76. The highest BCUT2D eigenvalue weighted by Crippen LogP contribution is 2.34. The van der Waals surface area contributed by atoms with Crippen molar-refractivity contribution in [2.75, 3.05) is 7.11 Å². The number of methoxy groups -OCH3 is 1. The van der Waals surface area contributed by atoms with Gasteiger partial charge in [0.15, 0.2) is 5.82 Å². The molecule has 2 atom stereocenters. The van der Waals surface area contributed by atoms with Crippen molar-refractivity contribution in [1.82, 2.24) is 10.1 Å². The van der Waals surface area contributed by atoms with Gasteiger partial charge < -0.3 is 10.2 Å². The van der Waals surface area contributed by atoms with Gasteiger partial charge in [-0.15, -0.1) is 0 Å². The average Bonchev–Trinajstić information content (AvgIpc) is 3.30. The number of rotatable bonds is 7. The number of hydrazone groups is 1. The van der Waals surface area contributed by atoms with Crippen LogP contribution in [0, 0.1) is 5.82 Å². The van der Waals surface area contributed by atoms with Gasteiger partial charge in [0, 0.05) is 16.5 Å². The highest BCUT2D eigenvalue weighted by atomic mass is 35.5. The summed E-state index contributed by atoms with van der Waals surface area (Å²) in [6.45, 7) is 0. The quantitative estimate of drug-likeness (QED) is 0.389. The third kappa shape index (κ3) is 5.16. The van der Waals surface area contributed by atoms with E-state index in [9.17, 15) is 12.8 Å². The Morgan fingerprint density at radius 3 is 2.50 bits per heavy atom. The van der Waals surface area contributed by atoms with E-state index in [2.05, 4.69) is 15.2 Å². The maximum absolute atomic E-state index is 14.6. The fourth-order valence-electron chi connectivity index (χ4n) is 3.63. The van der Waals surface area contributed by atoms with Crippen molar-refractivity contribution >= 4 is 50.5 Å². The summed E-state index contributed by atoms with van der Waals surface area (Å²) in [4.78, 5) is -0.576. The zero-order chi connectivity index (χ0) is 24.5. The Bertz CT molecular complexity index is 1350. The van der Waals surface area contributed by atoms with Crippen LogP contribution in [0.25, 0.3) is 0 Å². The van der Waals surface area contributed by atoms with Crippen LogP contribution in [0.15, 0.2) is 70.7 Å². The normalized spacial score (nSPS) is 16.6. The molecule has 0 spiro atoms. The molecule has 4 rings (SSSR count). The van der Waals surface area contributed by atoms with Crippen LogP contribution in [0.2, 0.25) is 15.1 Å². The van der Waals surface area contributed by atoms with Crippen LogP contribution in [0.5, 0.6) is 5.75 Å². The lowest BCUT2D eigenvalue weighted by molar-refractivity contribution is 0.414. The van der Waals surface area contributed by atoms with Gasteiger partial charge in [-0.1, -0.05) is 59.1 Å². The predicted octanol–water partition coefficient (Wildman–Crippen LogP) is 5.90. The van der Waals surface area contributed by atoms with Crippen molar-refractivity contribution in [2.45, 2.75) is 23.4 Å². The maximum Gasteiger partial charge on any atom is 0.244 e. The third-order valence-electron chi connectivity index (χ3n) is 5.38. The molecule has 1 aliphatic rings. The lowest BCUT2D eigenvalue weighted by Gasteiger charge is -2.21. The summed E-state index contributed by atoms with van der Waals surface area (Å²) in [5.74, 6) is -0.328. The second-order valence-electron chi connectivity index (χ2n) is 7.53. The molecule has 0 saturated heterocycles. The largest absolute Gasteiger partial charge is 0.497 e. The Balaban J connectivity index is 1.68. The molecule has 1 heterocycles. The summed E-state index contributed by atoms with van der Waals surface area (Å²) < 4.78 is 48.7. The van der Waals surface area contributed by atoms with Crippen LogP contribution in [0.3, 0.4) is 0 Å². The number of hydrogen-bond acceptors (Lipinski definition) is 5. The Morgan fingerprint density at radius 1 is 1.09 bits per heavy atom. The number of ether oxygens (including phenoxy) is 1. The van der Waals surface area contributed by atoms with Crippen molar-refractivity contribution in [3.8, 4) is 5.75 Å². The molecule has 11 heteroatoms.